The molecule has 1 rings (SSSR count). The van der Waals surface area contributed by atoms with Crippen LogP contribution >= 0.6 is 0 Å². The third kappa shape index (κ3) is 3.21. The molecule has 1 aromatic heterocycles. The number of carbonyl (C=O) groups is 1. The maximum Gasteiger partial charge on any atom is 0.253 e. The van der Waals surface area contributed by atoms with Crippen LogP contribution in [-0.4, -0.2) is 27.5 Å². The fraction of sp³-hybridized carbons (Fsp3) is 0.462. The van der Waals surface area contributed by atoms with Crippen molar-refractivity contribution in [3.63, 3.8) is 0 Å². The van der Waals surface area contributed by atoms with Gasteiger partial charge in [0.1, 0.15) is 5.54 Å². The highest BCUT2D eigenvalue weighted by atomic mass is 16.4. The lowest BCUT2D eigenvalue weighted by Gasteiger charge is -2.31. The molecule has 104 valence electrons. The van der Waals surface area contributed by atoms with Gasteiger partial charge in [-0.15, -0.1) is 0 Å². The monoisotopic (exact) mass is 264 g/mol. The minimum atomic E-state index is -0.838. The highest BCUT2D eigenvalue weighted by Crippen LogP contribution is 2.16. The van der Waals surface area contributed by atoms with Crippen LogP contribution in [-0.2, 0) is 0 Å². The average Bonchev–Trinajstić information content (AvgIpc) is 2.43. The van der Waals surface area contributed by atoms with E-state index in [1.807, 2.05) is 20.8 Å². The molecule has 0 bridgehead atoms. The normalized spacial score (nSPS) is 12.3. The molecule has 0 fully saturated rings. The van der Waals surface area contributed by atoms with Crippen molar-refractivity contribution in [1.82, 2.24) is 10.3 Å². The van der Waals surface area contributed by atoms with Gasteiger partial charge in [-0.1, -0.05) is 19.0 Å². The second kappa shape index (κ2) is 6.17. The van der Waals surface area contributed by atoms with Crippen LogP contribution in [0.1, 0.15) is 42.6 Å². The van der Waals surface area contributed by atoms with Crippen molar-refractivity contribution in [1.29, 1.82) is 0 Å². The van der Waals surface area contributed by atoms with E-state index in [0.717, 1.165) is 5.56 Å². The van der Waals surface area contributed by atoms with Crippen LogP contribution in [0.5, 0.6) is 0 Å². The molecule has 0 aliphatic carbocycles. The van der Waals surface area contributed by atoms with Gasteiger partial charge < -0.3 is 16.3 Å². The van der Waals surface area contributed by atoms with Gasteiger partial charge in [-0.25, -0.2) is 0 Å². The number of aryl methyl sites for hydroxylation is 1. The SMILES string of the molecule is CCC(CC)(NC(=O)c1cncc(C)c1)C(N)=NO. The van der Waals surface area contributed by atoms with Crippen LogP contribution in [0.4, 0.5) is 0 Å². The molecule has 4 N–H and O–H groups in total. The number of hydrogen-bond donors (Lipinski definition) is 3. The maximum atomic E-state index is 12.2. The predicted octanol–water partition coefficient (Wildman–Crippen LogP) is 1.43. The van der Waals surface area contributed by atoms with E-state index >= 15 is 0 Å². The average molecular weight is 264 g/mol. The summed E-state index contributed by atoms with van der Waals surface area (Å²) >= 11 is 0. The van der Waals surface area contributed by atoms with Crippen LogP contribution in [0, 0.1) is 6.92 Å². The van der Waals surface area contributed by atoms with Crippen molar-refractivity contribution >= 4 is 11.7 Å². The summed E-state index contributed by atoms with van der Waals surface area (Å²) in [5, 5.41) is 14.7. The fourth-order valence-electron chi connectivity index (χ4n) is 1.92. The molecule has 6 heteroatoms. The predicted molar refractivity (Wildman–Crippen MR) is 73.2 cm³/mol. The van der Waals surface area contributed by atoms with Crippen molar-refractivity contribution in [2.75, 3.05) is 0 Å². The van der Waals surface area contributed by atoms with Gasteiger partial charge in [0.25, 0.3) is 5.91 Å². The third-order valence-corrected chi connectivity index (χ3v) is 3.30. The van der Waals surface area contributed by atoms with Crippen LogP contribution in [0.15, 0.2) is 23.6 Å². The number of hydrogen-bond acceptors (Lipinski definition) is 4. The van der Waals surface area contributed by atoms with Gasteiger partial charge in [-0.2, -0.15) is 0 Å². The molecular formula is C13H20N4O2. The largest absolute Gasteiger partial charge is 0.409 e. The van der Waals surface area contributed by atoms with Gasteiger partial charge in [0.15, 0.2) is 5.84 Å². The Balaban J connectivity index is 3.01. The summed E-state index contributed by atoms with van der Waals surface area (Å²) in [6.45, 7) is 5.60. The molecule has 0 radical (unpaired) electrons. The first-order valence-corrected chi connectivity index (χ1v) is 6.21. The lowest BCUT2D eigenvalue weighted by Crippen LogP contribution is -2.56. The van der Waals surface area contributed by atoms with Crippen LogP contribution in [0.25, 0.3) is 0 Å². The second-order valence-corrected chi connectivity index (χ2v) is 4.48. The Bertz CT molecular complexity index is 481. The quantitative estimate of drug-likeness (QED) is 0.324. The molecule has 0 aliphatic rings. The Labute approximate surface area is 112 Å². The van der Waals surface area contributed by atoms with E-state index in [1.165, 1.54) is 6.20 Å². The van der Waals surface area contributed by atoms with Gasteiger partial charge in [0.05, 0.1) is 5.56 Å². The van der Waals surface area contributed by atoms with Crippen LogP contribution in [0.2, 0.25) is 0 Å². The zero-order valence-corrected chi connectivity index (χ0v) is 11.5. The number of amidine groups is 1. The molecule has 0 atom stereocenters. The molecule has 0 aliphatic heterocycles. The van der Waals surface area contributed by atoms with Gasteiger partial charge in [-0.05, 0) is 31.4 Å². The summed E-state index contributed by atoms with van der Waals surface area (Å²) in [4.78, 5) is 16.2. The number of aromatic nitrogens is 1. The fourth-order valence-corrected chi connectivity index (χ4v) is 1.92. The van der Waals surface area contributed by atoms with Gasteiger partial charge >= 0.3 is 0 Å². The van der Waals surface area contributed by atoms with Crippen molar-refractivity contribution in [3.8, 4) is 0 Å². The highest BCUT2D eigenvalue weighted by Gasteiger charge is 2.33. The molecule has 19 heavy (non-hydrogen) atoms. The first-order chi connectivity index (χ1) is 8.99. The number of oxime groups is 1. The van der Waals surface area contributed by atoms with E-state index in [1.54, 1.807) is 12.3 Å². The summed E-state index contributed by atoms with van der Waals surface area (Å²) in [5.41, 5.74) is 6.22. The van der Waals surface area contributed by atoms with E-state index in [9.17, 15) is 4.79 Å². The number of nitrogens with two attached hydrogens (primary N) is 1. The lowest BCUT2D eigenvalue weighted by atomic mass is 9.91. The molecular weight excluding hydrogens is 244 g/mol. The first kappa shape index (κ1) is 14.9. The van der Waals surface area contributed by atoms with Crippen molar-refractivity contribution in [2.24, 2.45) is 10.9 Å². The third-order valence-electron chi connectivity index (χ3n) is 3.30. The number of nitrogens with zero attached hydrogens (tertiary/aromatic N) is 2. The van der Waals surface area contributed by atoms with E-state index in [0.29, 0.717) is 18.4 Å². The first-order valence-electron chi connectivity index (χ1n) is 6.21. The van der Waals surface area contributed by atoms with Crippen molar-refractivity contribution in [3.05, 3.63) is 29.6 Å². The number of pyridine rings is 1. The molecule has 0 spiro atoms. The Hall–Kier alpha value is -2.11. The minimum absolute atomic E-state index is 0.00598. The van der Waals surface area contributed by atoms with E-state index < -0.39 is 5.54 Å². The highest BCUT2D eigenvalue weighted by molar-refractivity contribution is 6.00. The zero-order chi connectivity index (χ0) is 14.5. The molecule has 0 unspecified atom stereocenters. The molecule has 1 heterocycles. The summed E-state index contributed by atoms with van der Waals surface area (Å²) < 4.78 is 0. The molecule has 0 aromatic carbocycles. The maximum absolute atomic E-state index is 12.2. The van der Waals surface area contributed by atoms with Gasteiger partial charge in [-0.3, -0.25) is 9.78 Å². The molecule has 6 nitrogen and oxygen atoms in total. The topological polar surface area (TPSA) is 101 Å². The molecule has 0 saturated carbocycles. The minimum Gasteiger partial charge on any atom is -0.409 e. The van der Waals surface area contributed by atoms with Gasteiger partial charge in [0.2, 0.25) is 0 Å². The Kier molecular flexibility index (Phi) is 4.86. The number of rotatable bonds is 5. The summed E-state index contributed by atoms with van der Waals surface area (Å²) in [7, 11) is 0. The number of amides is 1. The molecule has 1 amide bonds. The zero-order valence-electron chi connectivity index (χ0n) is 11.5. The number of carbonyl (C=O) groups excluding carboxylic acids is 1. The van der Waals surface area contributed by atoms with Crippen molar-refractivity contribution < 1.29 is 10.0 Å². The second-order valence-electron chi connectivity index (χ2n) is 4.48. The smallest absolute Gasteiger partial charge is 0.253 e. The Morgan fingerprint density at radius 3 is 2.58 bits per heavy atom. The van der Waals surface area contributed by atoms with E-state index in [2.05, 4.69) is 15.5 Å². The standard InChI is InChI=1S/C13H20N4O2/c1-4-13(5-2,12(14)17-19)16-11(18)10-6-9(3)7-15-8-10/h6-8,19H,4-5H2,1-3H3,(H2,14,17)(H,16,18). The molecule has 0 saturated heterocycles. The summed E-state index contributed by atoms with van der Waals surface area (Å²) in [6.07, 6.45) is 4.23. The summed E-state index contributed by atoms with van der Waals surface area (Å²) in [5.74, 6) is -0.280. The Morgan fingerprint density at radius 1 is 1.47 bits per heavy atom. The van der Waals surface area contributed by atoms with Crippen LogP contribution < -0.4 is 11.1 Å². The molecule has 1 aromatic rings. The van der Waals surface area contributed by atoms with Crippen LogP contribution in [0.3, 0.4) is 0 Å². The van der Waals surface area contributed by atoms with E-state index in [4.69, 9.17) is 10.9 Å². The lowest BCUT2D eigenvalue weighted by molar-refractivity contribution is 0.0917. The number of nitrogens with one attached hydrogen (secondary N) is 1. The van der Waals surface area contributed by atoms with Gasteiger partial charge in [0, 0.05) is 12.4 Å². The van der Waals surface area contributed by atoms with E-state index in [-0.39, 0.29) is 11.7 Å². The van der Waals surface area contributed by atoms with Crippen molar-refractivity contribution in [2.45, 2.75) is 39.2 Å². The Morgan fingerprint density at radius 2 is 2.11 bits per heavy atom. The summed E-state index contributed by atoms with van der Waals surface area (Å²) in [6, 6.07) is 1.74.